The predicted octanol–water partition coefficient (Wildman–Crippen LogP) is 2.26. The van der Waals surface area contributed by atoms with Crippen molar-refractivity contribution in [3.8, 4) is 5.75 Å². The van der Waals surface area contributed by atoms with Gasteiger partial charge >= 0.3 is 0 Å². The Bertz CT molecular complexity index is 1100. The van der Waals surface area contributed by atoms with Crippen molar-refractivity contribution in [3.63, 3.8) is 0 Å². The molecule has 0 aromatic heterocycles. The van der Waals surface area contributed by atoms with Gasteiger partial charge in [-0.05, 0) is 56.2 Å². The summed E-state index contributed by atoms with van der Waals surface area (Å²) in [5.41, 5.74) is 0.439. The summed E-state index contributed by atoms with van der Waals surface area (Å²) >= 11 is 0. The molecule has 32 heavy (non-hydrogen) atoms. The number of hydrogen-bond donors (Lipinski definition) is 2. The van der Waals surface area contributed by atoms with Crippen molar-refractivity contribution in [2.75, 3.05) is 18.4 Å². The second-order valence-corrected chi connectivity index (χ2v) is 9.06. The maximum Gasteiger partial charge on any atom is 0.263 e. The van der Waals surface area contributed by atoms with E-state index in [1.807, 2.05) is 0 Å². The summed E-state index contributed by atoms with van der Waals surface area (Å²) in [6, 6.07) is 8.57. The van der Waals surface area contributed by atoms with Crippen molar-refractivity contribution in [2.24, 2.45) is 11.1 Å². The maximum atomic E-state index is 13.3. The number of nitrogens with one attached hydrogen (secondary N) is 1. The highest BCUT2D eigenvalue weighted by Gasteiger charge is 2.30. The molecule has 1 heterocycles. The number of anilines is 1. The van der Waals surface area contributed by atoms with E-state index in [9.17, 15) is 26.8 Å². The maximum absolute atomic E-state index is 13.3. The number of amides is 2. The molecule has 3 N–H and O–H groups in total. The summed E-state index contributed by atoms with van der Waals surface area (Å²) < 4.78 is 54.3. The van der Waals surface area contributed by atoms with Crippen LogP contribution in [-0.4, -0.2) is 44.3 Å². The highest BCUT2D eigenvalue weighted by Crippen LogP contribution is 2.22. The van der Waals surface area contributed by atoms with E-state index in [1.165, 1.54) is 37.3 Å². The normalized spacial score (nSPS) is 15.8. The number of carbonyl (C=O) groups is 2. The molecule has 0 aliphatic carbocycles. The number of hydrogen-bond acceptors (Lipinski definition) is 5. The lowest BCUT2D eigenvalue weighted by Crippen LogP contribution is -2.46. The summed E-state index contributed by atoms with van der Waals surface area (Å²) in [5.74, 6) is -2.88. The topological polar surface area (TPSA) is 119 Å². The SMILES string of the molecule is CC(Oc1ccc(F)c(F)c1)C(=O)N1CCC(C(=O)Nc2ccc(S(N)(=O)=O)cc2)CC1. The third-order valence-electron chi connectivity index (χ3n) is 5.18. The molecule has 2 amide bonds. The third kappa shape index (κ3) is 5.80. The van der Waals surface area contributed by atoms with Crippen molar-refractivity contribution in [1.82, 2.24) is 4.90 Å². The molecule has 1 atom stereocenters. The van der Waals surface area contributed by atoms with Crippen LogP contribution < -0.4 is 15.2 Å². The number of carbonyl (C=O) groups excluding carboxylic acids is 2. The van der Waals surface area contributed by atoms with Gasteiger partial charge in [0.1, 0.15) is 5.75 Å². The average molecular weight is 467 g/mol. The minimum absolute atomic E-state index is 0.0486. The zero-order valence-corrected chi connectivity index (χ0v) is 18.1. The summed E-state index contributed by atoms with van der Waals surface area (Å²) in [7, 11) is -3.81. The Kier molecular flexibility index (Phi) is 7.09. The zero-order valence-electron chi connectivity index (χ0n) is 17.3. The summed E-state index contributed by atoms with van der Waals surface area (Å²) in [6.45, 7) is 2.20. The Hall–Kier alpha value is -3.05. The van der Waals surface area contributed by atoms with Crippen molar-refractivity contribution in [3.05, 3.63) is 54.1 Å². The van der Waals surface area contributed by atoms with E-state index in [0.29, 0.717) is 31.6 Å². The average Bonchev–Trinajstić information content (AvgIpc) is 2.75. The van der Waals surface area contributed by atoms with Crippen molar-refractivity contribution < 1.29 is 31.5 Å². The van der Waals surface area contributed by atoms with Gasteiger partial charge < -0.3 is 15.0 Å². The first-order chi connectivity index (χ1) is 15.0. The van der Waals surface area contributed by atoms with Crippen LogP contribution in [0.1, 0.15) is 19.8 Å². The number of piperidine rings is 1. The van der Waals surface area contributed by atoms with Crippen LogP contribution in [-0.2, 0) is 19.6 Å². The van der Waals surface area contributed by atoms with Crippen molar-refractivity contribution in [2.45, 2.75) is 30.8 Å². The van der Waals surface area contributed by atoms with Crippen LogP contribution in [0.5, 0.6) is 5.75 Å². The van der Waals surface area contributed by atoms with Crippen LogP contribution in [0.25, 0.3) is 0 Å². The van der Waals surface area contributed by atoms with Gasteiger partial charge in [-0.25, -0.2) is 22.3 Å². The van der Waals surface area contributed by atoms with Gasteiger partial charge in [-0.2, -0.15) is 0 Å². The van der Waals surface area contributed by atoms with E-state index < -0.39 is 27.8 Å². The molecular weight excluding hydrogens is 444 g/mol. The van der Waals surface area contributed by atoms with Crippen LogP contribution in [0, 0.1) is 17.6 Å². The van der Waals surface area contributed by atoms with Crippen LogP contribution in [0.15, 0.2) is 47.4 Å². The summed E-state index contributed by atoms with van der Waals surface area (Å²) in [6.07, 6.45) is -0.0299. The van der Waals surface area contributed by atoms with E-state index in [0.717, 1.165) is 12.1 Å². The van der Waals surface area contributed by atoms with E-state index in [1.54, 1.807) is 4.90 Å². The minimum Gasteiger partial charge on any atom is -0.481 e. The molecule has 1 unspecified atom stereocenters. The number of halogens is 2. The molecule has 1 aliphatic rings. The molecular formula is C21H23F2N3O5S. The Morgan fingerprint density at radius 1 is 1.09 bits per heavy atom. The smallest absolute Gasteiger partial charge is 0.263 e. The number of nitrogens with two attached hydrogens (primary N) is 1. The number of sulfonamides is 1. The third-order valence-corrected chi connectivity index (χ3v) is 6.11. The minimum atomic E-state index is -3.81. The largest absolute Gasteiger partial charge is 0.481 e. The van der Waals surface area contributed by atoms with Gasteiger partial charge in [0.15, 0.2) is 17.7 Å². The molecule has 2 aromatic carbocycles. The van der Waals surface area contributed by atoms with Crippen molar-refractivity contribution >= 4 is 27.5 Å². The van der Waals surface area contributed by atoms with Gasteiger partial charge in [-0.3, -0.25) is 9.59 Å². The summed E-state index contributed by atoms with van der Waals surface area (Å²) in [4.78, 5) is 26.6. The lowest BCUT2D eigenvalue weighted by atomic mass is 9.95. The quantitative estimate of drug-likeness (QED) is 0.676. The standard InChI is InChI=1S/C21H23F2N3O5S/c1-13(31-16-4-7-18(22)19(23)12-16)21(28)26-10-8-14(9-11-26)20(27)25-15-2-5-17(6-3-15)32(24,29)30/h2-7,12-14H,8-11H2,1H3,(H,25,27)(H2,24,29,30). The van der Waals surface area contributed by atoms with E-state index >= 15 is 0 Å². The van der Waals surface area contributed by atoms with Gasteiger partial charge in [0.25, 0.3) is 5.91 Å². The Morgan fingerprint density at radius 2 is 1.72 bits per heavy atom. The molecule has 0 saturated carbocycles. The van der Waals surface area contributed by atoms with Gasteiger partial charge in [-0.1, -0.05) is 0 Å². The molecule has 8 nitrogen and oxygen atoms in total. The van der Waals surface area contributed by atoms with Gasteiger partial charge in [0.2, 0.25) is 15.9 Å². The fourth-order valence-corrected chi connectivity index (χ4v) is 3.91. The first kappa shape index (κ1) is 23.6. The molecule has 1 saturated heterocycles. The lowest BCUT2D eigenvalue weighted by molar-refractivity contribution is -0.140. The number of nitrogens with zero attached hydrogens (tertiary/aromatic N) is 1. The Balaban J connectivity index is 1.50. The zero-order chi connectivity index (χ0) is 23.5. The highest BCUT2D eigenvalue weighted by atomic mass is 32.2. The fraction of sp³-hybridized carbons (Fsp3) is 0.333. The highest BCUT2D eigenvalue weighted by molar-refractivity contribution is 7.89. The van der Waals surface area contributed by atoms with E-state index in [4.69, 9.17) is 9.88 Å². The monoisotopic (exact) mass is 467 g/mol. The molecule has 1 aliphatic heterocycles. The fourth-order valence-electron chi connectivity index (χ4n) is 3.40. The number of ether oxygens (including phenoxy) is 1. The second-order valence-electron chi connectivity index (χ2n) is 7.49. The molecule has 0 bridgehead atoms. The molecule has 172 valence electrons. The number of primary sulfonamides is 1. The molecule has 0 radical (unpaired) electrons. The number of likely N-dealkylation sites (tertiary alicyclic amines) is 1. The second kappa shape index (κ2) is 9.61. The van der Waals surface area contributed by atoms with Gasteiger partial charge in [-0.15, -0.1) is 0 Å². The van der Waals surface area contributed by atoms with E-state index in [2.05, 4.69) is 5.32 Å². The summed E-state index contributed by atoms with van der Waals surface area (Å²) in [5, 5.41) is 7.78. The van der Waals surface area contributed by atoms with E-state index in [-0.39, 0.29) is 28.4 Å². The number of benzene rings is 2. The molecule has 11 heteroatoms. The first-order valence-electron chi connectivity index (χ1n) is 9.89. The van der Waals surface area contributed by atoms with Crippen LogP contribution in [0.3, 0.4) is 0 Å². The van der Waals surface area contributed by atoms with Crippen LogP contribution in [0.2, 0.25) is 0 Å². The number of rotatable bonds is 6. The van der Waals surface area contributed by atoms with Gasteiger partial charge in [0.05, 0.1) is 4.90 Å². The molecule has 0 spiro atoms. The molecule has 1 fully saturated rings. The van der Waals surface area contributed by atoms with Crippen molar-refractivity contribution in [1.29, 1.82) is 0 Å². The predicted molar refractivity (Wildman–Crippen MR) is 112 cm³/mol. The Morgan fingerprint density at radius 3 is 2.28 bits per heavy atom. The van der Waals surface area contributed by atoms with Gasteiger partial charge in [0, 0.05) is 30.8 Å². The first-order valence-corrected chi connectivity index (χ1v) is 11.4. The Labute approximate surface area is 184 Å². The van der Waals surface area contributed by atoms with Crippen LogP contribution in [0.4, 0.5) is 14.5 Å². The molecule has 3 rings (SSSR count). The lowest BCUT2D eigenvalue weighted by Gasteiger charge is -2.33. The molecule has 2 aromatic rings. The van der Waals surface area contributed by atoms with Crippen LogP contribution >= 0.6 is 0 Å².